The van der Waals surface area contributed by atoms with E-state index in [0.717, 1.165) is 31.1 Å². The van der Waals surface area contributed by atoms with E-state index in [9.17, 15) is 0 Å². The number of nitrogens with two attached hydrogens (primary N) is 1. The molecule has 0 bridgehead atoms. The molecule has 2 aromatic carbocycles. The largest absolute Gasteiger partial charge is 0.389 e. The number of hydrogen-bond acceptors (Lipinski definition) is 2. The van der Waals surface area contributed by atoms with Crippen molar-refractivity contribution in [3.8, 4) is 0 Å². The summed E-state index contributed by atoms with van der Waals surface area (Å²) in [4.78, 5) is 0.421. The minimum absolute atomic E-state index is 0.421. The highest BCUT2D eigenvalue weighted by molar-refractivity contribution is 14.1. The van der Waals surface area contributed by atoms with Crippen LogP contribution in [0.5, 0.6) is 0 Å². The molecule has 0 saturated carbocycles. The summed E-state index contributed by atoms with van der Waals surface area (Å²) in [6, 6.07) is 11.7. The second kappa shape index (κ2) is 6.07. The van der Waals surface area contributed by atoms with Crippen LogP contribution in [-0.4, -0.2) is 4.99 Å². The first-order chi connectivity index (χ1) is 8.97. The van der Waals surface area contributed by atoms with Crippen LogP contribution >= 0.6 is 46.4 Å². The monoisotopic (exact) mass is 402 g/mol. The van der Waals surface area contributed by atoms with Crippen LogP contribution in [0, 0.1) is 10.5 Å². The second-order valence-electron chi connectivity index (χ2n) is 4.14. The van der Waals surface area contributed by atoms with Gasteiger partial charge in [0.1, 0.15) is 4.99 Å². The molecule has 0 fully saturated rings. The highest BCUT2D eigenvalue weighted by Crippen LogP contribution is 2.26. The molecule has 0 aliphatic heterocycles. The number of aryl methyl sites for hydroxylation is 1. The maximum atomic E-state index is 5.94. The predicted molar refractivity (Wildman–Crippen MR) is 94.5 cm³/mol. The lowest BCUT2D eigenvalue weighted by Gasteiger charge is -2.11. The number of halogens is 2. The van der Waals surface area contributed by atoms with Gasteiger partial charge in [-0.3, -0.25) is 0 Å². The molecule has 0 spiro atoms. The molecule has 0 aliphatic rings. The molecule has 0 saturated heterocycles. The number of rotatable bonds is 3. The molecule has 2 aromatic rings. The van der Waals surface area contributed by atoms with Gasteiger partial charge in [0.15, 0.2) is 0 Å². The lowest BCUT2D eigenvalue weighted by Crippen LogP contribution is -2.11. The summed E-state index contributed by atoms with van der Waals surface area (Å²) in [5.41, 5.74) is 9.64. The third kappa shape index (κ3) is 3.58. The van der Waals surface area contributed by atoms with E-state index in [1.54, 1.807) is 0 Å². The first-order valence-electron chi connectivity index (χ1n) is 5.60. The van der Waals surface area contributed by atoms with Crippen molar-refractivity contribution >= 4 is 62.8 Å². The Balaban J connectivity index is 2.29. The van der Waals surface area contributed by atoms with Crippen LogP contribution in [-0.2, 0) is 0 Å². The van der Waals surface area contributed by atoms with Crippen molar-refractivity contribution in [2.45, 2.75) is 6.92 Å². The van der Waals surface area contributed by atoms with Gasteiger partial charge in [-0.25, -0.2) is 0 Å². The Morgan fingerprint density at radius 2 is 2.00 bits per heavy atom. The average Bonchev–Trinajstić information content (AvgIpc) is 2.32. The summed E-state index contributed by atoms with van der Waals surface area (Å²) >= 11 is 13.2. The Kier molecular flexibility index (Phi) is 4.65. The quantitative estimate of drug-likeness (QED) is 0.581. The van der Waals surface area contributed by atoms with E-state index in [0.29, 0.717) is 4.99 Å². The Bertz CT molecular complexity index is 643. The topological polar surface area (TPSA) is 38.0 Å². The molecule has 0 heterocycles. The number of nitrogens with one attached hydrogen (secondary N) is 1. The summed E-state index contributed by atoms with van der Waals surface area (Å²) in [5.74, 6) is 0. The van der Waals surface area contributed by atoms with Crippen LogP contribution in [0.1, 0.15) is 11.1 Å². The molecule has 2 rings (SSSR count). The maximum absolute atomic E-state index is 5.94. The zero-order valence-electron chi connectivity index (χ0n) is 10.2. The molecule has 0 amide bonds. The van der Waals surface area contributed by atoms with E-state index in [4.69, 9.17) is 29.6 Å². The smallest absolute Gasteiger partial charge is 0.104 e. The molecule has 0 unspecified atom stereocenters. The lowest BCUT2D eigenvalue weighted by atomic mass is 10.1. The van der Waals surface area contributed by atoms with Gasteiger partial charge in [0.25, 0.3) is 0 Å². The van der Waals surface area contributed by atoms with E-state index in [2.05, 4.69) is 27.9 Å². The second-order valence-corrected chi connectivity index (χ2v) is 6.18. The van der Waals surface area contributed by atoms with Gasteiger partial charge in [-0.1, -0.05) is 23.8 Å². The predicted octanol–water partition coefficient (Wildman–Crippen LogP) is 4.63. The van der Waals surface area contributed by atoms with Gasteiger partial charge in [-0.05, 0) is 71.5 Å². The van der Waals surface area contributed by atoms with Gasteiger partial charge >= 0.3 is 0 Å². The zero-order valence-corrected chi connectivity index (χ0v) is 13.9. The van der Waals surface area contributed by atoms with Crippen molar-refractivity contribution in [3.05, 3.63) is 56.1 Å². The Morgan fingerprint density at radius 3 is 2.58 bits per heavy atom. The van der Waals surface area contributed by atoms with Crippen LogP contribution < -0.4 is 11.1 Å². The fourth-order valence-electron chi connectivity index (χ4n) is 1.76. The third-order valence-electron chi connectivity index (χ3n) is 2.70. The van der Waals surface area contributed by atoms with Crippen LogP contribution in [0.4, 0.5) is 11.4 Å². The first kappa shape index (κ1) is 14.6. The van der Waals surface area contributed by atoms with Gasteiger partial charge in [0.05, 0.1) is 5.69 Å². The number of benzene rings is 2. The van der Waals surface area contributed by atoms with E-state index in [-0.39, 0.29) is 0 Å². The summed E-state index contributed by atoms with van der Waals surface area (Å²) < 4.78 is 1.07. The minimum Gasteiger partial charge on any atom is -0.389 e. The number of hydrogen-bond donors (Lipinski definition) is 2. The summed E-state index contributed by atoms with van der Waals surface area (Å²) in [6.45, 7) is 1.99. The minimum atomic E-state index is 0.421. The van der Waals surface area contributed by atoms with Gasteiger partial charge in [0, 0.05) is 19.8 Å². The molecular weight excluding hydrogens is 391 g/mol. The van der Waals surface area contributed by atoms with Crippen LogP contribution in [0.2, 0.25) is 5.02 Å². The van der Waals surface area contributed by atoms with Crippen molar-refractivity contribution in [1.82, 2.24) is 0 Å². The van der Waals surface area contributed by atoms with Crippen LogP contribution in [0.15, 0.2) is 36.4 Å². The highest BCUT2D eigenvalue weighted by Gasteiger charge is 2.05. The van der Waals surface area contributed by atoms with Gasteiger partial charge in [-0.15, -0.1) is 0 Å². The first-order valence-corrected chi connectivity index (χ1v) is 7.46. The molecule has 98 valence electrons. The fourth-order valence-corrected chi connectivity index (χ4v) is 3.00. The van der Waals surface area contributed by atoms with Crippen molar-refractivity contribution in [2.75, 3.05) is 5.32 Å². The van der Waals surface area contributed by atoms with Gasteiger partial charge < -0.3 is 11.1 Å². The Hall–Kier alpha value is -0.850. The van der Waals surface area contributed by atoms with E-state index < -0.39 is 0 Å². The Morgan fingerprint density at radius 1 is 1.26 bits per heavy atom. The van der Waals surface area contributed by atoms with E-state index in [1.807, 2.05) is 43.3 Å². The normalized spacial score (nSPS) is 10.3. The standard InChI is InChI=1S/C14H12ClIN2S/c1-8-6-10(3-4-11(8)14(17)19)18-13-5-2-9(15)7-12(13)16/h2-7,18H,1H3,(H2,17,19). The molecule has 5 heteroatoms. The third-order valence-corrected chi connectivity index (χ3v) is 4.05. The molecule has 2 nitrogen and oxygen atoms in total. The molecule has 19 heavy (non-hydrogen) atoms. The van der Waals surface area contributed by atoms with Gasteiger partial charge in [-0.2, -0.15) is 0 Å². The highest BCUT2D eigenvalue weighted by atomic mass is 127. The fraction of sp³-hybridized carbons (Fsp3) is 0.0714. The van der Waals surface area contributed by atoms with Crippen molar-refractivity contribution in [2.24, 2.45) is 5.73 Å². The van der Waals surface area contributed by atoms with E-state index in [1.165, 1.54) is 0 Å². The molecular formula is C14H12ClIN2S. The van der Waals surface area contributed by atoms with Crippen molar-refractivity contribution in [3.63, 3.8) is 0 Å². The summed E-state index contributed by atoms with van der Waals surface area (Å²) in [6.07, 6.45) is 0. The van der Waals surface area contributed by atoms with Crippen molar-refractivity contribution in [1.29, 1.82) is 0 Å². The van der Waals surface area contributed by atoms with Crippen LogP contribution in [0.25, 0.3) is 0 Å². The van der Waals surface area contributed by atoms with E-state index >= 15 is 0 Å². The SMILES string of the molecule is Cc1cc(Nc2ccc(Cl)cc2I)ccc1C(N)=S. The molecule has 0 aliphatic carbocycles. The van der Waals surface area contributed by atoms with Crippen molar-refractivity contribution < 1.29 is 0 Å². The molecule has 3 N–H and O–H groups in total. The Labute approximate surface area is 136 Å². The maximum Gasteiger partial charge on any atom is 0.104 e. The summed E-state index contributed by atoms with van der Waals surface area (Å²) in [7, 11) is 0. The molecule has 0 aromatic heterocycles. The number of anilines is 2. The molecule has 0 atom stereocenters. The molecule has 0 radical (unpaired) electrons. The average molecular weight is 403 g/mol. The van der Waals surface area contributed by atoms with Gasteiger partial charge in [0.2, 0.25) is 0 Å². The lowest BCUT2D eigenvalue weighted by molar-refractivity contribution is 1.42. The summed E-state index contributed by atoms with van der Waals surface area (Å²) in [5, 5.41) is 4.09. The zero-order chi connectivity index (χ0) is 14.0. The van der Waals surface area contributed by atoms with Crippen LogP contribution in [0.3, 0.4) is 0 Å². The number of thiocarbonyl (C=S) groups is 1.